The molecule has 0 unspecified atom stereocenters. The highest BCUT2D eigenvalue weighted by atomic mass is 35.5. The third kappa shape index (κ3) is 3.06. The second-order valence-corrected chi connectivity index (χ2v) is 6.89. The van der Waals surface area contributed by atoms with Crippen molar-refractivity contribution in [1.29, 1.82) is 0 Å². The fourth-order valence-electron chi connectivity index (χ4n) is 3.33. The van der Waals surface area contributed by atoms with Crippen molar-refractivity contribution < 1.29 is 14.0 Å². The van der Waals surface area contributed by atoms with E-state index in [1.54, 1.807) is 28.9 Å². The molecule has 0 saturated heterocycles. The first-order chi connectivity index (χ1) is 12.5. The summed E-state index contributed by atoms with van der Waals surface area (Å²) in [7, 11) is 0. The molecule has 0 fully saturated rings. The second kappa shape index (κ2) is 6.49. The number of nitrogens with zero attached hydrogens (tertiary/aromatic N) is 2. The van der Waals surface area contributed by atoms with Gasteiger partial charge in [0.1, 0.15) is 5.58 Å². The number of fused-ring (bicyclic) bond motifs is 2. The first kappa shape index (κ1) is 16.7. The van der Waals surface area contributed by atoms with Gasteiger partial charge in [0.15, 0.2) is 5.76 Å². The molecular formula is C18H17ClN4O3. The van der Waals surface area contributed by atoms with Crippen LogP contribution in [0.1, 0.15) is 33.0 Å². The number of halogens is 1. The van der Waals surface area contributed by atoms with Crippen molar-refractivity contribution >= 4 is 34.4 Å². The van der Waals surface area contributed by atoms with Crippen molar-refractivity contribution in [2.45, 2.75) is 19.4 Å². The van der Waals surface area contributed by atoms with Crippen LogP contribution in [0, 0.1) is 5.92 Å². The number of carbonyl (C=O) groups excluding carboxylic acids is 2. The van der Waals surface area contributed by atoms with Crippen LogP contribution in [0.25, 0.3) is 11.0 Å². The van der Waals surface area contributed by atoms with Gasteiger partial charge in [-0.05, 0) is 43.0 Å². The van der Waals surface area contributed by atoms with Crippen LogP contribution in [0.15, 0.2) is 34.9 Å². The van der Waals surface area contributed by atoms with Crippen molar-refractivity contribution in [1.82, 2.24) is 15.1 Å². The van der Waals surface area contributed by atoms with E-state index < -0.39 is 5.91 Å². The Labute approximate surface area is 154 Å². The number of hydrogen-bond acceptors (Lipinski definition) is 4. The van der Waals surface area contributed by atoms with Gasteiger partial charge in [-0.25, -0.2) is 0 Å². The Morgan fingerprint density at radius 2 is 2.23 bits per heavy atom. The molecule has 0 aliphatic carbocycles. The van der Waals surface area contributed by atoms with Gasteiger partial charge in [-0.15, -0.1) is 0 Å². The van der Waals surface area contributed by atoms with E-state index in [2.05, 4.69) is 10.4 Å². The summed E-state index contributed by atoms with van der Waals surface area (Å²) in [4.78, 5) is 23.9. The topological polar surface area (TPSA) is 103 Å². The van der Waals surface area contributed by atoms with Crippen LogP contribution < -0.4 is 11.1 Å². The summed E-state index contributed by atoms with van der Waals surface area (Å²) in [6.45, 7) is 1.19. The number of furan rings is 1. The Morgan fingerprint density at radius 1 is 1.38 bits per heavy atom. The molecular weight excluding hydrogens is 356 g/mol. The van der Waals surface area contributed by atoms with Crippen molar-refractivity contribution in [2.75, 3.05) is 6.54 Å². The van der Waals surface area contributed by atoms with Gasteiger partial charge in [-0.2, -0.15) is 5.10 Å². The van der Waals surface area contributed by atoms with E-state index in [9.17, 15) is 9.59 Å². The van der Waals surface area contributed by atoms with Gasteiger partial charge in [-0.1, -0.05) is 11.6 Å². The van der Waals surface area contributed by atoms with Crippen molar-refractivity contribution in [2.24, 2.45) is 11.7 Å². The molecule has 0 radical (unpaired) electrons. The Bertz CT molecular complexity index is 1010. The fourth-order valence-corrected chi connectivity index (χ4v) is 3.51. The standard InChI is InChI=1S/C18H17ClN4O3/c19-12-1-2-15-11(6-12)7-16(26-15)18(25)21-8-10-3-4-23-14(5-10)13(9-22-23)17(20)24/h1-2,6-7,9-10H,3-5,8H2,(H2,20,24)(H,21,25)/t10-/m1/s1. The van der Waals surface area contributed by atoms with E-state index in [0.717, 1.165) is 17.5 Å². The fraction of sp³-hybridized carbons (Fsp3) is 0.278. The highest BCUT2D eigenvalue weighted by molar-refractivity contribution is 6.31. The molecule has 7 nitrogen and oxygen atoms in total. The highest BCUT2D eigenvalue weighted by Crippen LogP contribution is 2.24. The molecule has 134 valence electrons. The summed E-state index contributed by atoms with van der Waals surface area (Å²) < 4.78 is 7.38. The summed E-state index contributed by atoms with van der Waals surface area (Å²) in [5, 5.41) is 8.47. The number of nitrogens with one attached hydrogen (secondary N) is 1. The molecule has 1 aliphatic rings. The number of carbonyl (C=O) groups is 2. The van der Waals surface area contributed by atoms with Crippen LogP contribution in [0.4, 0.5) is 0 Å². The van der Waals surface area contributed by atoms with Gasteiger partial charge in [0.05, 0.1) is 17.5 Å². The largest absolute Gasteiger partial charge is 0.451 e. The first-order valence-corrected chi connectivity index (χ1v) is 8.71. The smallest absolute Gasteiger partial charge is 0.287 e. The average molecular weight is 373 g/mol. The molecule has 0 spiro atoms. The highest BCUT2D eigenvalue weighted by Gasteiger charge is 2.25. The Morgan fingerprint density at radius 3 is 3.04 bits per heavy atom. The van der Waals surface area contributed by atoms with E-state index in [1.807, 2.05) is 0 Å². The number of amides is 2. The molecule has 26 heavy (non-hydrogen) atoms. The maximum atomic E-state index is 12.4. The minimum atomic E-state index is -0.475. The van der Waals surface area contributed by atoms with Crippen LogP contribution in [0.2, 0.25) is 5.02 Å². The van der Waals surface area contributed by atoms with Gasteiger partial charge in [-0.3, -0.25) is 14.3 Å². The molecule has 4 rings (SSSR count). The monoisotopic (exact) mass is 372 g/mol. The van der Waals surface area contributed by atoms with E-state index in [-0.39, 0.29) is 17.6 Å². The maximum Gasteiger partial charge on any atom is 0.287 e. The third-order valence-electron chi connectivity index (χ3n) is 4.70. The molecule has 1 atom stereocenters. The minimum Gasteiger partial charge on any atom is -0.451 e. The molecule has 0 bridgehead atoms. The van der Waals surface area contributed by atoms with Crippen LogP contribution in [-0.4, -0.2) is 28.1 Å². The van der Waals surface area contributed by atoms with Gasteiger partial charge < -0.3 is 15.5 Å². The predicted octanol–water partition coefficient (Wildman–Crippen LogP) is 2.37. The molecule has 3 N–H and O–H groups in total. The van der Waals surface area contributed by atoms with E-state index in [1.165, 1.54) is 6.20 Å². The van der Waals surface area contributed by atoms with Crippen molar-refractivity contribution in [3.63, 3.8) is 0 Å². The zero-order valence-electron chi connectivity index (χ0n) is 13.9. The number of aromatic nitrogens is 2. The average Bonchev–Trinajstić information content (AvgIpc) is 3.22. The molecule has 0 saturated carbocycles. The van der Waals surface area contributed by atoms with Crippen LogP contribution in [-0.2, 0) is 13.0 Å². The van der Waals surface area contributed by atoms with Crippen LogP contribution >= 0.6 is 11.6 Å². The number of nitrogens with two attached hydrogens (primary N) is 1. The van der Waals surface area contributed by atoms with Gasteiger partial charge in [0.2, 0.25) is 0 Å². The van der Waals surface area contributed by atoms with Crippen molar-refractivity contribution in [3.8, 4) is 0 Å². The number of aryl methyl sites for hydroxylation is 1. The molecule has 3 aromatic rings. The quantitative estimate of drug-likeness (QED) is 0.733. The van der Waals surface area contributed by atoms with Gasteiger partial charge in [0.25, 0.3) is 11.8 Å². The third-order valence-corrected chi connectivity index (χ3v) is 4.93. The summed E-state index contributed by atoms with van der Waals surface area (Å²) in [6.07, 6.45) is 3.02. The first-order valence-electron chi connectivity index (χ1n) is 8.33. The molecule has 1 aromatic carbocycles. The molecule has 2 aromatic heterocycles. The van der Waals surface area contributed by atoms with Crippen molar-refractivity contribution in [3.05, 3.63) is 52.5 Å². The van der Waals surface area contributed by atoms with Crippen LogP contribution in [0.3, 0.4) is 0 Å². The number of primary amides is 1. The lowest BCUT2D eigenvalue weighted by Gasteiger charge is -2.24. The minimum absolute atomic E-state index is 0.208. The molecule has 2 amide bonds. The SMILES string of the molecule is NC(=O)c1cnn2c1C[C@H](CNC(=O)c1cc3cc(Cl)ccc3o1)CC2. The predicted molar refractivity (Wildman–Crippen MR) is 96.1 cm³/mol. The summed E-state index contributed by atoms with van der Waals surface area (Å²) >= 11 is 5.95. The normalized spacial score (nSPS) is 16.4. The summed E-state index contributed by atoms with van der Waals surface area (Å²) in [5.74, 6) is -0.288. The number of hydrogen-bond donors (Lipinski definition) is 2. The lowest BCUT2D eigenvalue weighted by atomic mass is 9.94. The second-order valence-electron chi connectivity index (χ2n) is 6.45. The van der Waals surface area contributed by atoms with Crippen LogP contribution in [0.5, 0.6) is 0 Å². The number of benzene rings is 1. The molecule has 3 heterocycles. The summed E-state index contributed by atoms with van der Waals surface area (Å²) in [5.41, 5.74) is 7.30. The maximum absolute atomic E-state index is 12.4. The number of rotatable bonds is 4. The zero-order valence-corrected chi connectivity index (χ0v) is 14.6. The lowest BCUT2D eigenvalue weighted by molar-refractivity contribution is 0.0917. The van der Waals surface area contributed by atoms with E-state index in [4.69, 9.17) is 21.8 Å². The Kier molecular flexibility index (Phi) is 4.16. The zero-order chi connectivity index (χ0) is 18.3. The summed E-state index contributed by atoms with van der Waals surface area (Å²) in [6, 6.07) is 6.89. The molecule has 1 aliphatic heterocycles. The van der Waals surface area contributed by atoms with E-state index >= 15 is 0 Å². The van der Waals surface area contributed by atoms with Gasteiger partial charge >= 0.3 is 0 Å². The van der Waals surface area contributed by atoms with Gasteiger partial charge in [0, 0.05) is 23.5 Å². The Balaban J connectivity index is 1.42. The van der Waals surface area contributed by atoms with E-state index in [0.29, 0.717) is 35.7 Å². The molecule has 8 heteroatoms. The Hall–Kier alpha value is -2.80. The lowest BCUT2D eigenvalue weighted by Crippen LogP contribution is -2.33.